The Balaban J connectivity index is 1.37. The topological polar surface area (TPSA) is 77.1 Å². The Bertz CT molecular complexity index is 1100. The van der Waals surface area contributed by atoms with Gasteiger partial charge in [-0.15, -0.1) is 0 Å². The van der Waals surface area contributed by atoms with Gasteiger partial charge in [0.15, 0.2) is 11.5 Å². The van der Waals surface area contributed by atoms with Crippen LogP contribution in [0.25, 0.3) is 6.08 Å². The lowest BCUT2D eigenvalue weighted by atomic mass is 10.1. The van der Waals surface area contributed by atoms with Gasteiger partial charge in [0.05, 0.1) is 12.0 Å². The molecule has 0 aromatic heterocycles. The zero-order chi connectivity index (χ0) is 22.0. The van der Waals surface area contributed by atoms with Crippen molar-refractivity contribution in [1.29, 1.82) is 0 Å². The molecule has 2 amide bonds. The lowest BCUT2D eigenvalue weighted by Gasteiger charge is -2.15. The molecule has 0 aliphatic carbocycles. The molecule has 1 N–H and O–H groups in total. The number of thioether (sulfide) groups is 1. The summed E-state index contributed by atoms with van der Waals surface area (Å²) in [4.78, 5) is 27.2. The molecule has 1 saturated heterocycles. The fourth-order valence-electron chi connectivity index (χ4n) is 3.19. The number of nitrogens with zero attached hydrogens (tertiary/aromatic N) is 1. The number of nitrogens with one attached hydrogen (secondary N) is 1. The normalized spacial score (nSPS) is 16.2. The van der Waals surface area contributed by atoms with Gasteiger partial charge < -0.3 is 19.5 Å². The van der Waals surface area contributed by atoms with Crippen molar-refractivity contribution in [3.8, 4) is 17.2 Å². The van der Waals surface area contributed by atoms with E-state index in [2.05, 4.69) is 5.32 Å². The Kier molecular flexibility index (Phi) is 6.15. The summed E-state index contributed by atoms with van der Waals surface area (Å²) in [5.74, 6) is 1.57. The number of rotatable bonds is 6. The Morgan fingerprint density at radius 3 is 2.87 bits per heavy atom. The maximum atomic E-state index is 12.8. The molecule has 7 nitrogen and oxygen atoms in total. The summed E-state index contributed by atoms with van der Waals surface area (Å²) >= 11 is 6.60. The summed E-state index contributed by atoms with van der Waals surface area (Å²) in [7, 11) is 1.57. The van der Waals surface area contributed by atoms with Crippen molar-refractivity contribution >= 4 is 46.2 Å². The van der Waals surface area contributed by atoms with Gasteiger partial charge in [0.2, 0.25) is 6.79 Å². The van der Waals surface area contributed by atoms with E-state index in [4.69, 9.17) is 26.4 Å². The minimum Gasteiger partial charge on any atom is -0.496 e. The van der Waals surface area contributed by atoms with Gasteiger partial charge in [-0.05, 0) is 48.4 Å². The predicted octanol–water partition coefficient (Wildman–Crippen LogP) is 3.36. The second-order valence-electron chi connectivity index (χ2n) is 6.89. The number of hydrogen-bond acceptors (Lipinski definition) is 7. The molecule has 0 radical (unpaired) electrons. The summed E-state index contributed by atoms with van der Waals surface area (Å²) in [6, 6.07) is 10.8. The number of aryl methyl sites for hydroxylation is 1. The van der Waals surface area contributed by atoms with Crippen LogP contribution in [0, 0.1) is 6.92 Å². The van der Waals surface area contributed by atoms with E-state index in [1.807, 2.05) is 31.2 Å². The molecule has 2 aromatic rings. The monoisotopic (exact) mass is 456 g/mol. The van der Waals surface area contributed by atoms with E-state index in [0.717, 1.165) is 11.1 Å². The van der Waals surface area contributed by atoms with Crippen LogP contribution in [0.3, 0.4) is 0 Å². The third kappa shape index (κ3) is 4.52. The first-order valence-corrected chi connectivity index (χ1v) is 10.8. The van der Waals surface area contributed by atoms with Crippen molar-refractivity contribution in [3.05, 3.63) is 58.0 Å². The Labute approximate surface area is 189 Å². The highest BCUT2D eigenvalue weighted by atomic mass is 32.2. The number of carbonyl (C=O) groups is 2. The van der Waals surface area contributed by atoms with Gasteiger partial charge in [0.25, 0.3) is 11.8 Å². The Morgan fingerprint density at radius 2 is 2.06 bits per heavy atom. The quantitative estimate of drug-likeness (QED) is 0.528. The van der Waals surface area contributed by atoms with Crippen LogP contribution in [-0.2, 0) is 4.79 Å². The smallest absolute Gasteiger partial charge is 0.266 e. The van der Waals surface area contributed by atoms with E-state index >= 15 is 0 Å². The van der Waals surface area contributed by atoms with Gasteiger partial charge in [0, 0.05) is 18.7 Å². The number of fused-ring (bicyclic) bond motifs is 1. The highest BCUT2D eigenvalue weighted by Crippen LogP contribution is 2.36. The van der Waals surface area contributed by atoms with Crippen LogP contribution in [0.4, 0.5) is 0 Å². The molecule has 2 aliphatic rings. The zero-order valence-corrected chi connectivity index (χ0v) is 18.6. The number of carbonyl (C=O) groups excluding carboxylic acids is 2. The van der Waals surface area contributed by atoms with Crippen molar-refractivity contribution in [3.63, 3.8) is 0 Å². The van der Waals surface area contributed by atoms with Crippen LogP contribution in [0.5, 0.6) is 17.2 Å². The molecule has 2 aromatic carbocycles. The van der Waals surface area contributed by atoms with E-state index < -0.39 is 0 Å². The average molecular weight is 457 g/mol. The summed E-state index contributed by atoms with van der Waals surface area (Å²) < 4.78 is 16.4. The summed E-state index contributed by atoms with van der Waals surface area (Å²) in [6.45, 7) is 2.67. The first-order chi connectivity index (χ1) is 15.0. The van der Waals surface area contributed by atoms with Crippen LogP contribution < -0.4 is 19.5 Å². The van der Waals surface area contributed by atoms with Crippen LogP contribution >= 0.6 is 24.0 Å². The summed E-state index contributed by atoms with van der Waals surface area (Å²) in [5, 5.41) is 2.82. The molecule has 1 fully saturated rings. The summed E-state index contributed by atoms with van der Waals surface area (Å²) in [6.07, 6.45) is 1.78. The number of benzene rings is 2. The molecule has 0 spiro atoms. The van der Waals surface area contributed by atoms with Crippen molar-refractivity contribution in [1.82, 2.24) is 10.2 Å². The molecule has 2 heterocycles. The molecular weight excluding hydrogens is 436 g/mol. The second-order valence-corrected chi connectivity index (χ2v) is 8.56. The van der Waals surface area contributed by atoms with Crippen molar-refractivity contribution < 1.29 is 23.8 Å². The number of amides is 2. The molecule has 4 rings (SSSR count). The molecule has 31 heavy (non-hydrogen) atoms. The minimum atomic E-state index is -0.236. The molecule has 160 valence electrons. The number of hydrogen-bond donors (Lipinski definition) is 1. The van der Waals surface area contributed by atoms with Crippen LogP contribution in [0.1, 0.15) is 21.5 Å². The lowest BCUT2D eigenvalue weighted by molar-refractivity contribution is -0.122. The van der Waals surface area contributed by atoms with Gasteiger partial charge in [-0.2, -0.15) is 0 Å². The number of ether oxygens (including phenoxy) is 3. The molecular formula is C22H20N2O5S2. The predicted molar refractivity (Wildman–Crippen MR) is 123 cm³/mol. The zero-order valence-electron chi connectivity index (χ0n) is 17.0. The fourth-order valence-corrected chi connectivity index (χ4v) is 4.50. The van der Waals surface area contributed by atoms with E-state index in [-0.39, 0.29) is 31.7 Å². The number of methoxy groups -OCH3 is 1. The van der Waals surface area contributed by atoms with E-state index in [1.165, 1.54) is 16.7 Å². The average Bonchev–Trinajstić information content (AvgIpc) is 3.33. The third-order valence-electron chi connectivity index (χ3n) is 4.86. The molecule has 2 aliphatic heterocycles. The SMILES string of the molecule is COc1cc(C(=O)NCCN2C(=O)/C(=C\c3ccc4c(c3)OCO4)SC2=S)ccc1C. The van der Waals surface area contributed by atoms with Crippen LogP contribution in [0.2, 0.25) is 0 Å². The van der Waals surface area contributed by atoms with Crippen molar-refractivity contribution in [2.75, 3.05) is 27.0 Å². The first kappa shape index (κ1) is 21.2. The molecule has 0 atom stereocenters. The second kappa shape index (κ2) is 8.99. The maximum absolute atomic E-state index is 12.8. The van der Waals surface area contributed by atoms with E-state index in [9.17, 15) is 9.59 Å². The van der Waals surface area contributed by atoms with E-state index in [1.54, 1.807) is 25.3 Å². The maximum Gasteiger partial charge on any atom is 0.266 e. The first-order valence-electron chi connectivity index (χ1n) is 9.54. The fraction of sp³-hybridized carbons (Fsp3) is 0.227. The minimum absolute atomic E-state index is 0.182. The van der Waals surface area contributed by atoms with Crippen molar-refractivity contribution in [2.45, 2.75) is 6.92 Å². The third-order valence-corrected chi connectivity index (χ3v) is 6.24. The Hall–Kier alpha value is -3.04. The highest BCUT2D eigenvalue weighted by molar-refractivity contribution is 8.26. The molecule has 0 bridgehead atoms. The summed E-state index contributed by atoms with van der Waals surface area (Å²) in [5.41, 5.74) is 2.27. The van der Waals surface area contributed by atoms with Crippen molar-refractivity contribution in [2.24, 2.45) is 0 Å². The van der Waals surface area contributed by atoms with Gasteiger partial charge >= 0.3 is 0 Å². The van der Waals surface area contributed by atoms with Gasteiger partial charge in [-0.1, -0.05) is 36.1 Å². The molecule has 9 heteroatoms. The van der Waals surface area contributed by atoms with Crippen LogP contribution in [0.15, 0.2) is 41.3 Å². The lowest BCUT2D eigenvalue weighted by Crippen LogP contribution is -2.37. The largest absolute Gasteiger partial charge is 0.496 e. The molecule has 0 saturated carbocycles. The van der Waals surface area contributed by atoms with Gasteiger partial charge in [0.1, 0.15) is 10.1 Å². The van der Waals surface area contributed by atoms with Gasteiger partial charge in [-0.25, -0.2) is 0 Å². The van der Waals surface area contributed by atoms with E-state index in [0.29, 0.717) is 32.0 Å². The highest BCUT2D eigenvalue weighted by Gasteiger charge is 2.31. The number of thiocarbonyl (C=S) groups is 1. The van der Waals surface area contributed by atoms with Gasteiger partial charge in [-0.3, -0.25) is 14.5 Å². The standard InChI is InChI=1S/C22H20N2O5S2/c1-13-3-5-15(11-17(13)27-2)20(25)23-7-8-24-21(26)19(31-22(24)30)10-14-4-6-16-18(9-14)29-12-28-16/h3-6,9-11H,7-8,12H2,1-2H3,(H,23,25)/b19-10+. The van der Waals surface area contributed by atoms with Crippen LogP contribution in [-0.4, -0.2) is 48.0 Å². The molecule has 0 unspecified atom stereocenters. The Morgan fingerprint density at radius 1 is 1.26 bits per heavy atom.